The van der Waals surface area contributed by atoms with Gasteiger partial charge in [0, 0.05) is 53.3 Å². The van der Waals surface area contributed by atoms with Crippen LogP contribution in [0.4, 0.5) is 11.4 Å². The van der Waals surface area contributed by atoms with Crippen molar-refractivity contribution in [2.75, 3.05) is 43.0 Å². The van der Waals surface area contributed by atoms with Gasteiger partial charge in [-0.3, -0.25) is 4.90 Å². The van der Waals surface area contributed by atoms with Crippen molar-refractivity contribution in [3.63, 3.8) is 0 Å². The molecule has 1 aromatic heterocycles. The van der Waals surface area contributed by atoms with Gasteiger partial charge in [0.25, 0.3) is 0 Å². The summed E-state index contributed by atoms with van der Waals surface area (Å²) in [6.45, 7) is 4.73. The first-order valence-electron chi connectivity index (χ1n) is 14.2. The standard InChI is InChI=1S/C31H32Cl2N4O4/c32-22-6-4-20(24(33)13-22)18-41-29-3-1-2-27(35-29)31-9-10-36(15-21(31)14-31)17-28-34-25-7-5-19(30(38)39)12-26(25)37(28)16-23-8-11-40-23/h1-7,12-13,21,23,28,34H,8-11,14-18H2,(H,38,39). The zero-order valence-corrected chi connectivity index (χ0v) is 24.1. The monoisotopic (exact) mass is 594 g/mol. The van der Waals surface area contributed by atoms with E-state index in [-0.39, 0.29) is 17.7 Å². The zero-order chi connectivity index (χ0) is 28.1. The number of benzene rings is 2. The predicted octanol–water partition coefficient (Wildman–Crippen LogP) is 5.68. The first-order valence-corrected chi connectivity index (χ1v) is 14.9. The van der Waals surface area contributed by atoms with Crippen LogP contribution in [0, 0.1) is 5.92 Å². The number of likely N-dealkylation sites (tertiary alicyclic amines) is 1. The van der Waals surface area contributed by atoms with Crippen LogP contribution in [-0.2, 0) is 16.8 Å². The SMILES string of the molecule is O=C(O)c1ccc2c(c1)N(CC1CCO1)C(CN1CCC3(c4cccc(OCc5ccc(Cl)cc5Cl)n4)CC3C1)N2. The maximum atomic E-state index is 11.6. The molecule has 4 heterocycles. The zero-order valence-electron chi connectivity index (χ0n) is 22.6. The molecule has 0 radical (unpaired) electrons. The molecular weight excluding hydrogens is 563 g/mol. The number of hydrogen-bond acceptors (Lipinski definition) is 7. The number of nitrogens with one attached hydrogen (secondary N) is 1. The lowest BCUT2D eigenvalue weighted by Crippen LogP contribution is -2.51. The van der Waals surface area contributed by atoms with Crippen molar-refractivity contribution >= 4 is 40.5 Å². The molecular formula is C31H32Cl2N4O4. The summed E-state index contributed by atoms with van der Waals surface area (Å²) in [5.41, 5.74) is 4.33. The number of rotatable bonds is 9. The molecule has 4 aliphatic rings. The Hall–Kier alpha value is -3.04. The maximum Gasteiger partial charge on any atom is 0.335 e. The van der Waals surface area contributed by atoms with E-state index >= 15 is 0 Å². The van der Waals surface area contributed by atoms with Crippen LogP contribution in [0.5, 0.6) is 5.88 Å². The number of ether oxygens (including phenoxy) is 2. The molecule has 4 unspecified atom stereocenters. The second-order valence-electron chi connectivity index (χ2n) is 11.6. The summed E-state index contributed by atoms with van der Waals surface area (Å²) in [7, 11) is 0. The van der Waals surface area contributed by atoms with Gasteiger partial charge >= 0.3 is 5.97 Å². The van der Waals surface area contributed by atoms with Crippen molar-refractivity contribution in [1.29, 1.82) is 0 Å². The van der Waals surface area contributed by atoms with Gasteiger partial charge < -0.3 is 24.8 Å². The Morgan fingerprint density at radius 2 is 2.05 bits per heavy atom. The number of halogens is 2. The molecule has 2 aromatic carbocycles. The summed E-state index contributed by atoms with van der Waals surface area (Å²) in [5, 5.41) is 14.4. The van der Waals surface area contributed by atoms with Crippen LogP contribution in [0.3, 0.4) is 0 Å². The van der Waals surface area contributed by atoms with Crippen LogP contribution in [0.15, 0.2) is 54.6 Å². The van der Waals surface area contributed by atoms with Crippen LogP contribution >= 0.6 is 23.2 Å². The van der Waals surface area contributed by atoms with E-state index < -0.39 is 5.97 Å². The molecule has 2 N–H and O–H groups in total. The summed E-state index contributed by atoms with van der Waals surface area (Å²) in [4.78, 5) is 21.4. The molecule has 1 saturated carbocycles. The first kappa shape index (κ1) is 26.8. The molecule has 8 nitrogen and oxygen atoms in total. The van der Waals surface area contributed by atoms with Crippen LogP contribution in [0.25, 0.3) is 0 Å². The van der Waals surface area contributed by atoms with E-state index in [1.54, 1.807) is 18.2 Å². The van der Waals surface area contributed by atoms with Gasteiger partial charge in [-0.2, -0.15) is 0 Å². The van der Waals surface area contributed by atoms with E-state index in [4.69, 9.17) is 37.7 Å². The Labute approximate surface area is 249 Å². The van der Waals surface area contributed by atoms with E-state index in [1.807, 2.05) is 30.3 Å². The van der Waals surface area contributed by atoms with E-state index in [0.29, 0.717) is 34.0 Å². The Balaban J connectivity index is 1.00. The van der Waals surface area contributed by atoms with Crippen LogP contribution in [0.1, 0.15) is 40.9 Å². The van der Waals surface area contributed by atoms with Gasteiger partial charge in [0.2, 0.25) is 5.88 Å². The van der Waals surface area contributed by atoms with Crippen molar-refractivity contribution in [3.8, 4) is 5.88 Å². The number of aromatic carboxylic acids is 1. The fourth-order valence-electron chi connectivity index (χ4n) is 6.57. The molecule has 214 valence electrons. The third-order valence-corrected chi connectivity index (χ3v) is 9.67. The van der Waals surface area contributed by atoms with Gasteiger partial charge in [-0.1, -0.05) is 35.3 Å². The molecule has 0 bridgehead atoms. The Bertz CT molecular complexity index is 1480. The van der Waals surface area contributed by atoms with Gasteiger partial charge in [-0.15, -0.1) is 0 Å². The van der Waals surface area contributed by atoms with Crippen molar-refractivity contribution in [2.24, 2.45) is 5.92 Å². The Kier molecular flexibility index (Phi) is 6.98. The maximum absolute atomic E-state index is 11.6. The number of nitrogens with zero attached hydrogens (tertiary/aromatic N) is 3. The summed E-state index contributed by atoms with van der Waals surface area (Å²) in [5.74, 6) is 0.253. The molecule has 10 heteroatoms. The number of hydrogen-bond donors (Lipinski definition) is 2. The third-order valence-electron chi connectivity index (χ3n) is 9.09. The highest BCUT2D eigenvalue weighted by Crippen LogP contribution is 2.59. The Morgan fingerprint density at radius 3 is 2.80 bits per heavy atom. The number of aromatic nitrogens is 1. The lowest BCUT2D eigenvalue weighted by Gasteiger charge is -2.38. The minimum Gasteiger partial charge on any atom is -0.478 e. The minimum atomic E-state index is -0.908. The molecule has 4 atom stereocenters. The molecule has 7 rings (SSSR count). The quantitative estimate of drug-likeness (QED) is 0.327. The molecule has 1 aliphatic carbocycles. The normalized spacial score (nSPS) is 26.5. The number of anilines is 2. The van der Waals surface area contributed by atoms with Crippen LogP contribution in [0.2, 0.25) is 10.0 Å². The second kappa shape index (κ2) is 10.7. The van der Waals surface area contributed by atoms with Gasteiger partial charge in [-0.05, 0) is 68.1 Å². The van der Waals surface area contributed by atoms with E-state index in [9.17, 15) is 9.90 Å². The number of carboxylic acids is 1. The minimum absolute atomic E-state index is 0.0686. The fourth-order valence-corrected chi connectivity index (χ4v) is 7.03. The lowest BCUT2D eigenvalue weighted by molar-refractivity contribution is -0.0452. The number of piperidine rings is 1. The van der Waals surface area contributed by atoms with Crippen molar-refractivity contribution < 1.29 is 19.4 Å². The summed E-state index contributed by atoms with van der Waals surface area (Å²) in [6, 6.07) is 16.8. The number of carboxylic acid groups (broad SMARTS) is 1. The molecule has 0 spiro atoms. The highest BCUT2D eigenvalue weighted by atomic mass is 35.5. The molecule has 2 saturated heterocycles. The van der Waals surface area contributed by atoms with E-state index in [0.717, 1.165) is 74.7 Å². The van der Waals surface area contributed by atoms with Crippen LogP contribution in [-0.4, -0.2) is 66.0 Å². The highest BCUT2D eigenvalue weighted by molar-refractivity contribution is 6.35. The summed E-state index contributed by atoms with van der Waals surface area (Å²) in [6.07, 6.45) is 3.47. The fraction of sp³-hybridized carbons (Fsp3) is 0.419. The summed E-state index contributed by atoms with van der Waals surface area (Å²) < 4.78 is 11.8. The molecule has 3 fully saturated rings. The molecule has 0 amide bonds. The topological polar surface area (TPSA) is 87.2 Å². The second-order valence-corrected chi connectivity index (χ2v) is 12.4. The van der Waals surface area contributed by atoms with Crippen molar-refractivity contribution in [2.45, 2.75) is 43.6 Å². The summed E-state index contributed by atoms with van der Waals surface area (Å²) >= 11 is 12.3. The van der Waals surface area contributed by atoms with Gasteiger partial charge in [0.15, 0.2) is 0 Å². The van der Waals surface area contributed by atoms with Gasteiger partial charge in [-0.25, -0.2) is 9.78 Å². The molecule has 41 heavy (non-hydrogen) atoms. The Morgan fingerprint density at radius 1 is 1.17 bits per heavy atom. The number of carbonyl (C=O) groups is 1. The molecule has 3 aliphatic heterocycles. The average molecular weight is 596 g/mol. The highest BCUT2D eigenvalue weighted by Gasteiger charge is 2.58. The van der Waals surface area contributed by atoms with E-state index in [2.05, 4.69) is 21.2 Å². The smallest absolute Gasteiger partial charge is 0.335 e. The third kappa shape index (κ3) is 5.23. The van der Waals surface area contributed by atoms with Gasteiger partial charge in [0.05, 0.1) is 28.7 Å². The number of pyridine rings is 1. The van der Waals surface area contributed by atoms with Crippen molar-refractivity contribution in [1.82, 2.24) is 9.88 Å². The number of fused-ring (bicyclic) bond motifs is 2. The molecule has 3 aromatic rings. The predicted molar refractivity (Wildman–Crippen MR) is 158 cm³/mol. The largest absolute Gasteiger partial charge is 0.478 e. The average Bonchev–Trinajstić information content (AvgIpc) is 3.58. The van der Waals surface area contributed by atoms with E-state index in [1.165, 1.54) is 0 Å². The first-order chi connectivity index (χ1) is 19.9. The lowest BCUT2D eigenvalue weighted by atomic mass is 9.91. The van der Waals surface area contributed by atoms with Crippen LogP contribution < -0.4 is 15.0 Å². The van der Waals surface area contributed by atoms with Gasteiger partial charge in [0.1, 0.15) is 12.8 Å². The van der Waals surface area contributed by atoms with Crippen molar-refractivity contribution in [3.05, 3.63) is 81.5 Å².